The topological polar surface area (TPSA) is 63.1 Å². The first-order chi connectivity index (χ1) is 11.7. The molecule has 3 aliphatic heterocycles. The van der Waals surface area contributed by atoms with Gasteiger partial charge in [0.05, 0.1) is 18.2 Å². The van der Waals surface area contributed by atoms with Crippen LogP contribution in [0.2, 0.25) is 0 Å². The molecule has 6 heteroatoms. The number of rotatable bonds is 7. The Balaban J connectivity index is 1.33. The van der Waals surface area contributed by atoms with Gasteiger partial charge >= 0.3 is 0 Å². The molecular weight excluding hydrogens is 302 g/mol. The van der Waals surface area contributed by atoms with E-state index in [1.165, 1.54) is 32.1 Å². The average Bonchev–Trinajstić information content (AvgIpc) is 3.30. The van der Waals surface area contributed by atoms with Gasteiger partial charge in [0.25, 0.3) is 0 Å². The number of aryl methyl sites for hydroxylation is 1. The number of unbranched alkanes of at least 4 members (excludes halogenated alkanes) is 1. The fourth-order valence-electron chi connectivity index (χ4n) is 4.28. The van der Waals surface area contributed by atoms with Crippen LogP contribution in [0.3, 0.4) is 0 Å². The molecule has 132 valence electrons. The summed E-state index contributed by atoms with van der Waals surface area (Å²) < 4.78 is 2.01. The number of fused-ring (bicyclic) bond motifs is 3. The fourth-order valence-corrected chi connectivity index (χ4v) is 4.28. The predicted octanol–water partition coefficient (Wildman–Crippen LogP) is 1.61. The van der Waals surface area contributed by atoms with Gasteiger partial charge in [-0.3, -0.25) is 14.4 Å². The van der Waals surface area contributed by atoms with Crippen LogP contribution in [-0.2, 0) is 17.8 Å². The monoisotopic (exact) mass is 331 g/mol. The van der Waals surface area contributed by atoms with Gasteiger partial charge in [0.2, 0.25) is 5.91 Å². The van der Waals surface area contributed by atoms with Gasteiger partial charge in [-0.05, 0) is 51.0 Å². The molecule has 0 aromatic carbocycles. The minimum absolute atomic E-state index is 0.200. The zero-order valence-corrected chi connectivity index (χ0v) is 14.7. The Hall–Kier alpha value is -1.43. The molecule has 2 unspecified atom stereocenters. The van der Waals surface area contributed by atoms with Crippen LogP contribution >= 0.6 is 0 Å². The van der Waals surface area contributed by atoms with Gasteiger partial charge in [0, 0.05) is 24.8 Å². The Bertz CT molecular complexity index is 582. The minimum Gasteiger partial charge on any atom is -0.353 e. The fraction of sp³-hybridized carbons (Fsp3) is 0.833. The third-order valence-electron chi connectivity index (χ3n) is 5.91. The van der Waals surface area contributed by atoms with Gasteiger partial charge in [-0.25, -0.2) is 0 Å². The molecule has 6 nitrogen and oxygen atoms in total. The largest absolute Gasteiger partial charge is 0.353 e. The summed E-state index contributed by atoms with van der Waals surface area (Å²) in [5, 5.41) is 11.8. The van der Waals surface area contributed by atoms with Crippen molar-refractivity contribution < 1.29 is 4.79 Å². The van der Waals surface area contributed by atoms with Gasteiger partial charge in [0.1, 0.15) is 0 Å². The highest BCUT2D eigenvalue weighted by atomic mass is 16.2. The lowest BCUT2D eigenvalue weighted by atomic mass is 9.75. The molecular formula is C18H29N5O. The Morgan fingerprint density at radius 2 is 2.25 bits per heavy atom. The maximum absolute atomic E-state index is 12.4. The Morgan fingerprint density at radius 3 is 2.96 bits per heavy atom. The van der Waals surface area contributed by atoms with Crippen LogP contribution < -0.4 is 5.32 Å². The van der Waals surface area contributed by atoms with Gasteiger partial charge in [-0.15, -0.1) is 5.10 Å². The second-order valence-corrected chi connectivity index (χ2v) is 7.86. The summed E-state index contributed by atoms with van der Waals surface area (Å²) in [4.78, 5) is 14.9. The number of nitrogens with one attached hydrogen (secondary N) is 1. The van der Waals surface area contributed by atoms with E-state index in [9.17, 15) is 4.79 Å². The quantitative estimate of drug-likeness (QED) is 0.824. The lowest BCUT2D eigenvalue weighted by Gasteiger charge is -2.49. The number of amides is 1. The Labute approximate surface area is 144 Å². The van der Waals surface area contributed by atoms with Gasteiger partial charge in [-0.2, -0.15) is 0 Å². The Morgan fingerprint density at radius 1 is 1.38 bits per heavy atom. The first-order valence-electron chi connectivity index (χ1n) is 9.66. The molecule has 1 aliphatic carbocycles. The molecule has 3 saturated heterocycles. The van der Waals surface area contributed by atoms with Crippen molar-refractivity contribution in [2.75, 3.05) is 13.1 Å². The molecule has 1 aromatic rings. The van der Waals surface area contributed by atoms with Crippen molar-refractivity contribution in [1.29, 1.82) is 0 Å². The second-order valence-electron chi connectivity index (χ2n) is 7.86. The van der Waals surface area contributed by atoms with Crippen LogP contribution in [0, 0.1) is 11.8 Å². The van der Waals surface area contributed by atoms with Crippen LogP contribution in [0.4, 0.5) is 0 Å². The van der Waals surface area contributed by atoms with E-state index < -0.39 is 0 Å². The summed E-state index contributed by atoms with van der Waals surface area (Å²) in [5.74, 6) is 1.04. The van der Waals surface area contributed by atoms with E-state index in [0.29, 0.717) is 23.9 Å². The van der Waals surface area contributed by atoms with Crippen molar-refractivity contribution in [3.63, 3.8) is 0 Å². The summed E-state index contributed by atoms with van der Waals surface area (Å²) in [5.41, 5.74) is 1.11. The van der Waals surface area contributed by atoms with E-state index in [1.807, 2.05) is 4.68 Å². The number of hydrogen-bond donors (Lipinski definition) is 1. The molecule has 1 saturated carbocycles. The number of carbonyl (C=O) groups excluding carboxylic acids is 1. The van der Waals surface area contributed by atoms with E-state index in [-0.39, 0.29) is 5.92 Å². The van der Waals surface area contributed by atoms with Crippen LogP contribution in [0.15, 0.2) is 6.20 Å². The molecule has 4 atom stereocenters. The van der Waals surface area contributed by atoms with E-state index in [1.54, 1.807) is 0 Å². The molecule has 4 fully saturated rings. The number of carbonyl (C=O) groups is 1. The smallest absolute Gasteiger partial charge is 0.224 e. The summed E-state index contributed by atoms with van der Waals surface area (Å²) in [6, 6.07) is 0.981. The van der Waals surface area contributed by atoms with Crippen molar-refractivity contribution >= 4 is 5.91 Å². The highest BCUT2D eigenvalue weighted by Crippen LogP contribution is 2.37. The number of aromatic nitrogens is 3. The van der Waals surface area contributed by atoms with Crippen molar-refractivity contribution in [3.8, 4) is 0 Å². The number of piperidine rings is 3. The van der Waals surface area contributed by atoms with E-state index in [0.717, 1.165) is 38.2 Å². The summed E-state index contributed by atoms with van der Waals surface area (Å²) in [6.07, 6.45) is 10.1. The van der Waals surface area contributed by atoms with Gasteiger partial charge in [-0.1, -0.05) is 18.6 Å². The van der Waals surface area contributed by atoms with Crippen molar-refractivity contribution in [1.82, 2.24) is 25.2 Å². The molecule has 1 aromatic heterocycles. The van der Waals surface area contributed by atoms with Gasteiger partial charge < -0.3 is 5.32 Å². The minimum atomic E-state index is 0.200. The van der Waals surface area contributed by atoms with Crippen molar-refractivity contribution in [2.45, 2.75) is 70.5 Å². The normalized spacial score (nSPS) is 32.0. The molecule has 4 heterocycles. The first-order valence-corrected chi connectivity index (χ1v) is 9.66. The summed E-state index contributed by atoms with van der Waals surface area (Å²) >= 11 is 0. The molecule has 0 radical (unpaired) electrons. The van der Waals surface area contributed by atoms with Gasteiger partial charge in [0.15, 0.2) is 0 Å². The molecule has 5 rings (SSSR count). The van der Waals surface area contributed by atoms with Crippen LogP contribution in [-0.4, -0.2) is 51.0 Å². The predicted molar refractivity (Wildman–Crippen MR) is 91.4 cm³/mol. The molecule has 1 amide bonds. The number of nitrogens with zero attached hydrogens (tertiary/aromatic N) is 4. The van der Waals surface area contributed by atoms with E-state index in [4.69, 9.17) is 0 Å². The van der Waals surface area contributed by atoms with E-state index in [2.05, 4.69) is 33.6 Å². The lowest BCUT2D eigenvalue weighted by Crippen LogP contribution is -2.58. The van der Waals surface area contributed by atoms with E-state index >= 15 is 0 Å². The number of hydrogen-bond acceptors (Lipinski definition) is 4. The molecule has 2 bridgehead atoms. The zero-order chi connectivity index (χ0) is 16.5. The highest BCUT2D eigenvalue weighted by Gasteiger charge is 2.44. The highest BCUT2D eigenvalue weighted by molar-refractivity contribution is 5.80. The summed E-state index contributed by atoms with van der Waals surface area (Å²) in [7, 11) is 0. The third-order valence-corrected chi connectivity index (χ3v) is 5.91. The molecule has 24 heavy (non-hydrogen) atoms. The average molecular weight is 331 g/mol. The lowest BCUT2D eigenvalue weighted by molar-refractivity contribution is -0.133. The molecule has 1 N–H and O–H groups in total. The van der Waals surface area contributed by atoms with Crippen LogP contribution in [0.5, 0.6) is 0 Å². The van der Waals surface area contributed by atoms with Crippen molar-refractivity contribution in [3.05, 3.63) is 11.9 Å². The maximum atomic E-state index is 12.4. The summed E-state index contributed by atoms with van der Waals surface area (Å²) in [6.45, 7) is 5.16. The molecule has 0 spiro atoms. The maximum Gasteiger partial charge on any atom is 0.224 e. The Kier molecular flexibility index (Phi) is 4.57. The van der Waals surface area contributed by atoms with Crippen LogP contribution in [0.25, 0.3) is 0 Å². The standard InChI is InChI=1S/C18H29N5O/c1-2-3-4-15-10-23(21-20-15)11-16-9-13-7-8-22(16)12-17(13)18(24)19-14-5-6-14/h10,13-14,16-17H,2-9,11-12H2,1H3,(H,19,24)/t13?,16-,17+/m1/s1. The third kappa shape index (κ3) is 3.48. The second kappa shape index (κ2) is 6.82. The SMILES string of the molecule is CCCCc1cn(C[C@H]2CC3CCN2C[C@@H]3C(=O)NC2CC2)nn1. The zero-order valence-electron chi connectivity index (χ0n) is 14.7. The molecule has 4 aliphatic rings. The van der Waals surface area contributed by atoms with Crippen molar-refractivity contribution in [2.24, 2.45) is 11.8 Å². The first kappa shape index (κ1) is 16.1. The van der Waals surface area contributed by atoms with Crippen LogP contribution in [0.1, 0.15) is 51.1 Å².